The molecule has 0 aliphatic rings. The molecule has 11 heteroatoms. The lowest BCUT2D eigenvalue weighted by atomic mass is 10.2. The summed E-state index contributed by atoms with van der Waals surface area (Å²) >= 11 is 5.66. The molecule has 0 unspecified atom stereocenters. The van der Waals surface area contributed by atoms with Crippen molar-refractivity contribution in [3.63, 3.8) is 0 Å². The molecule has 158 valence electrons. The standard InChI is InChI=1S/C20H17ClFN7O2/c1-11-8-24-20(27-16-5-6-25-29(16)2)28-17(11)15-10-31-19(26-15)18(30)23-9-12-3-4-13(21)14(22)7-12/h3-8,10H,9H2,1-2H3,(H,23,30)(H,24,27,28). The Morgan fingerprint density at radius 2 is 2.13 bits per heavy atom. The highest BCUT2D eigenvalue weighted by molar-refractivity contribution is 6.30. The zero-order valence-corrected chi connectivity index (χ0v) is 17.3. The van der Waals surface area contributed by atoms with Gasteiger partial charge in [0.15, 0.2) is 0 Å². The summed E-state index contributed by atoms with van der Waals surface area (Å²) in [6.45, 7) is 1.92. The number of hydrogen-bond donors (Lipinski definition) is 2. The number of halogens is 2. The Morgan fingerprint density at radius 3 is 2.87 bits per heavy atom. The topological polar surface area (TPSA) is 111 Å². The second kappa shape index (κ2) is 8.52. The molecule has 0 aliphatic heterocycles. The van der Waals surface area contributed by atoms with Gasteiger partial charge < -0.3 is 15.1 Å². The number of hydrogen-bond acceptors (Lipinski definition) is 7. The number of aryl methyl sites for hydroxylation is 2. The van der Waals surface area contributed by atoms with Crippen LogP contribution in [0.1, 0.15) is 21.8 Å². The average molecular weight is 442 g/mol. The molecule has 0 aliphatic carbocycles. The fourth-order valence-corrected chi connectivity index (χ4v) is 2.88. The molecule has 4 aromatic rings. The number of carbonyl (C=O) groups is 1. The molecule has 31 heavy (non-hydrogen) atoms. The quantitative estimate of drug-likeness (QED) is 0.470. The van der Waals surface area contributed by atoms with Gasteiger partial charge in [-0.1, -0.05) is 17.7 Å². The highest BCUT2D eigenvalue weighted by Gasteiger charge is 2.17. The van der Waals surface area contributed by atoms with Crippen LogP contribution >= 0.6 is 11.6 Å². The minimum absolute atomic E-state index is 0.0184. The lowest BCUT2D eigenvalue weighted by molar-refractivity contribution is 0.0916. The van der Waals surface area contributed by atoms with Gasteiger partial charge in [0.05, 0.1) is 11.2 Å². The third-order valence-corrected chi connectivity index (χ3v) is 4.72. The first-order valence-electron chi connectivity index (χ1n) is 9.17. The summed E-state index contributed by atoms with van der Waals surface area (Å²) < 4.78 is 20.5. The van der Waals surface area contributed by atoms with Crippen LogP contribution in [0.5, 0.6) is 0 Å². The van der Waals surface area contributed by atoms with Gasteiger partial charge >= 0.3 is 5.91 Å². The zero-order chi connectivity index (χ0) is 22.0. The number of amides is 1. The number of nitrogens with zero attached hydrogens (tertiary/aromatic N) is 5. The highest BCUT2D eigenvalue weighted by atomic mass is 35.5. The third kappa shape index (κ3) is 4.53. The van der Waals surface area contributed by atoms with E-state index in [1.807, 2.05) is 6.92 Å². The van der Waals surface area contributed by atoms with Crippen molar-refractivity contribution >= 4 is 29.3 Å². The van der Waals surface area contributed by atoms with Crippen LogP contribution in [-0.4, -0.2) is 30.6 Å². The van der Waals surface area contributed by atoms with Crippen LogP contribution in [0, 0.1) is 12.7 Å². The summed E-state index contributed by atoms with van der Waals surface area (Å²) in [5.41, 5.74) is 2.21. The van der Waals surface area contributed by atoms with Gasteiger partial charge in [0, 0.05) is 25.9 Å². The Balaban J connectivity index is 1.48. The predicted molar refractivity (Wildman–Crippen MR) is 111 cm³/mol. The molecule has 0 fully saturated rings. The molecule has 4 rings (SSSR count). The zero-order valence-electron chi connectivity index (χ0n) is 16.6. The maximum Gasteiger partial charge on any atom is 0.307 e. The molecular formula is C20H17ClFN7O2. The second-order valence-corrected chi connectivity index (χ2v) is 7.07. The first kappa shape index (κ1) is 20.5. The molecular weight excluding hydrogens is 425 g/mol. The van der Waals surface area contributed by atoms with E-state index in [9.17, 15) is 9.18 Å². The molecule has 0 atom stereocenters. The van der Waals surface area contributed by atoms with Gasteiger partial charge in [-0.2, -0.15) is 5.10 Å². The van der Waals surface area contributed by atoms with E-state index in [1.54, 1.807) is 36.3 Å². The minimum atomic E-state index is -0.554. The molecule has 1 amide bonds. The van der Waals surface area contributed by atoms with Crippen LogP contribution in [-0.2, 0) is 13.6 Å². The number of rotatable bonds is 6. The molecule has 3 aromatic heterocycles. The van der Waals surface area contributed by atoms with E-state index in [4.69, 9.17) is 16.0 Å². The van der Waals surface area contributed by atoms with Crippen LogP contribution in [0.2, 0.25) is 5.02 Å². The molecule has 9 nitrogen and oxygen atoms in total. The lowest BCUT2D eigenvalue weighted by Crippen LogP contribution is -2.23. The molecule has 0 bridgehead atoms. The van der Waals surface area contributed by atoms with Gasteiger partial charge in [-0.05, 0) is 30.2 Å². The van der Waals surface area contributed by atoms with Crippen molar-refractivity contribution in [3.8, 4) is 11.4 Å². The summed E-state index contributed by atoms with van der Waals surface area (Å²) in [6, 6.07) is 6.09. The Kier molecular flexibility index (Phi) is 5.63. The lowest BCUT2D eigenvalue weighted by Gasteiger charge is -2.07. The smallest absolute Gasteiger partial charge is 0.307 e. The van der Waals surface area contributed by atoms with Gasteiger partial charge in [-0.25, -0.2) is 19.3 Å². The first-order chi connectivity index (χ1) is 14.9. The van der Waals surface area contributed by atoms with E-state index in [0.717, 1.165) is 5.56 Å². The monoisotopic (exact) mass is 441 g/mol. The Morgan fingerprint density at radius 1 is 1.29 bits per heavy atom. The highest BCUT2D eigenvalue weighted by Crippen LogP contribution is 2.22. The number of benzene rings is 1. The summed E-state index contributed by atoms with van der Waals surface area (Å²) in [5.74, 6) is -0.164. The maximum atomic E-state index is 13.5. The first-order valence-corrected chi connectivity index (χ1v) is 9.55. The Labute approximate surface area is 181 Å². The Bertz CT molecular complexity index is 1250. The van der Waals surface area contributed by atoms with Crippen molar-refractivity contribution in [2.24, 2.45) is 7.05 Å². The summed E-state index contributed by atoms with van der Waals surface area (Å²) in [7, 11) is 1.79. The summed E-state index contributed by atoms with van der Waals surface area (Å²) in [5, 5.41) is 9.80. The van der Waals surface area contributed by atoms with Crippen molar-refractivity contribution < 1.29 is 13.6 Å². The molecule has 0 saturated carbocycles. The molecule has 3 heterocycles. The van der Waals surface area contributed by atoms with Crippen molar-refractivity contribution in [1.82, 2.24) is 30.0 Å². The van der Waals surface area contributed by atoms with Gasteiger partial charge in [0.2, 0.25) is 5.95 Å². The van der Waals surface area contributed by atoms with Crippen molar-refractivity contribution in [2.45, 2.75) is 13.5 Å². The number of oxazole rings is 1. The number of carbonyl (C=O) groups excluding carboxylic acids is 1. The van der Waals surface area contributed by atoms with Gasteiger partial charge in [-0.15, -0.1) is 0 Å². The van der Waals surface area contributed by atoms with Crippen LogP contribution in [0.15, 0.2) is 47.3 Å². The van der Waals surface area contributed by atoms with Gasteiger partial charge in [0.25, 0.3) is 5.89 Å². The molecule has 0 radical (unpaired) electrons. The van der Waals surface area contributed by atoms with Gasteiger partial charge in [-0.3, -0.25) is 9.48 Å². The molecule has 0 saturated heterocycles. The Hall–Kier alpha value is -3.79. The molecule has 0 spiro atoms. The summed E-state index contributed by atoms with van der Waals surface area (Å²) in [4.78, 5) is 25.3. The van der Waals surface area contributed by atoms with Crippen molar-refractivity contribution in [3.05, 3.63) is 70.8 Å². The second-order valence-electron chi connectivity index (χ2n) is 6.66. The predicted octanol–water partition coefficient (Wildman–Crippen LogP) is 3.64. The van der Waals surface area contributed by atoms with E-state index >= 15 is 0 Å². The summed E-state index contributed by atoms with van der Waals surface area (Å²) in [6.07, 6.45) is 4.64. The number of aromatic nitrogens is 5. The number of anilines is 2. The van der Waals surface area contributed by atoms with Crippen molar-refractivity contribution in [1.29, 1.82) is 0 Å². The normalized spacial score (nSPS) is 10.8. The van der Waals surface area contributed by atoms with Crippen LogP contribution in [0.4, 0.5) is 16.2 Å². The maximum absolute atomic E-state index is 13.5. The van der Waals surface area contributed by atoms with Gasteiger partial charge in [0.1, 0.15) is 29.3 Å². The minimum Gasteiger partial charge on any atom is -0.440 e. The van der Waals surface area contributed by atoms with Crippen LogP contribution in [0.25, 0.3) is 11.4 Å². The molecule has 1 aromatic carbocycles. The van der Waals surface area contributed by atoms with E-state index in [2.05, 4.69) is 30.7 Å². The fourth-order valence-electron chi connectivity index (χ4n) is 2.77. The number of nitrogens with one attached hydrogen (secondary N) is 2. The van der Waals surface area contributed by atoms with E-state index in [1.165, 1.54) is 18.4 Å². The average Bonchev–Trinajstić information content (AvgIpc) is 3.40. The third-order valence-electron chi connectivity index (χ3n) is 4.41. The van der Waals surface area contributed by atoms with Crippen LogP contribution in [0.3, 0.4) is 0 Å². The molecule has 2 N–H and O–H groups in total. The largest absolute Gasteiger partial charge is 0.440 e. The van der Waals surface area contributed by atoms with Crippen molar-refractivity contribution in [2.75, 3.05) is 5.32 Å². The van der Waals surface area contributed by atoms with E-state index < -0.39 is 11.7 Å². The van der Waals surface area contributed by atoms with E-state index in [0.29, 0.717) is 28.7 Å². The SMILES string of the molecule is Cc1cnc(Nc2ccnn2C)nc1-c1coc(C(=O)NCc2ccc(Cl)c(F)c2)n1. The van der Waals surface area contributed by atoms with E-state index in [-0.39, 0.29) is 17.5 Å². The van der Waals surface area contributed by atoms with Crippen LogP contribution < -0.4 is 10.6 Å². The fraction of sp³-hybridized carbons (Fsp3) is 0.150.